The first-order valence-electron chi connectivity index (χ1n) is 6.98. The predicted octanol–water partition coefficient (Wildman–Crippen LogP) is 3.54. The Kier molecular flexibility index (Phi) is 3.18. The summed E-state index contributed by atoms with van der Waals surface area (Å²) in [5, 5.41) is 0. The Morgan fingerprint density at radius 2 is 1.85 bits per heavy atom. The Bertz CT molecular complexity index is 739. The molecule has 0 aliphatic rings. The lowest BCUT2D eigenvalue weighted by molar-refractivity contribution is 0.753. The molecule has 0 bridgehead atoms. The summed E-state index contributed by atoms with van der Waals surface area (Å²) in [5.41, 5.74) is 11.4. The van der Waals surface area contributed by atoms with E-state index in [0.717, 1.165) is 35.5 Å². The molecule has 2 aromatic carbocycles. The van der Waals surface area contributed by atoms with Crippen molar-refractivity contribution in [3.8, 4) is 0 Å². The second-order valence-corrected chi connectivity index (χ2v) is 5.17. The Labute approximate surface area is 119 Å². The van der Waals surface area contributed by atoms with Crippen LogP contribution in [-0.2, 0) is 13.0 Å². The van der Waals surface area contributed by atoms with Crippen LogP contribution in [0.3, 0.4) is 0 Å². The third-order valence-electron chi connectivity index (χ3n) is 3.67. The molecular weight excluding hydrogens is 246 g/mol. The average Bonchev–Trinajstić information content (AvgIpc) is 2.81. The maximum atomic E-state index is 6.03. The number of aromatic nitrogens is 2. The van der Waals surface area contributed by atoms with E-state index in [-0.39, 0.29) is 0 Å². The molecule has 0 spiro atoms. The van der Waals surface area contributed by atoms with Crippen LogP contribution >= 0.6 is 0 Å². The molecule has 3 aromatic rings. The van der Waals surface area contributed by atoms with E-state index >= 15 is 0 Å². The second-order valence-electron chi connectivity index (χ2n) is 5.17. The number of anilines is 1. The van der Waals surface area contributed by atoms with Crippen molar-refractivity contribution in [2.45, 2.75) is 26.8 Å². The average molecular weight is 265 g/mol. The first-order chi connectivity index (χ1) is 9.69. The Morgan fingerprint density at radius 1 is 1.10 bits per heavy atom. The van der Waals surface area contributed by atoms with Crippen molar-refractivity contribution in [1.82, 2.24) is 9.55 Å². The normalized spacial score (nSPS) is 11.1. The fourth-order valence-electron chi connectivity index (χ4n) is 2.54. The molecule has 0 saturated heterocycles. The zero-order chi connectivity index (χ0) is 14.1. The number of nitrogens with two attached hydrogens (primary N) is 1. The number of nitrogen functional groups attached to an aromatic ring is 1. The van der Waals surface area contributed by atoms with Gasteiger partial charge in [0.05, 0.1) is 11.2 Å². The smallest absolute Gasteiger partial charge is 0.112 e. The highest BCUT2D eigenvalue weighted by molar-refractivity contribution is 5.87. The number of hydrogen-bond acceptors (Lipinski definition) is 2. The van der Waals surface area contributed by atoms with Gasteiger partial charge < -0.3 is 10.3 Å². The van der Waals surface area contributed by atoms with Crippen molar-refractivity contribution >= 4 is 16.7 Å². The van der Waals surface area contributed by atoms with Crippen LogP contribution in [-0.4, -0.2) is 9.55 Å². The molecule has 20 heavy (non-hydrogen) atoms. The van der Waals surface area contributed by atoms with Crippen LogP contribution in [0.25, 0.3) is 11.0 Å². The van der Waals surface area contributed by atoms with Crippen LogP contribution in [0.1, 0.15) is 23.9 Å². The van der Waals surface area contributed by atoms with Gasteiger partial charge in [0.15, 0.2) is 0 Å². The number of fused-ring (bicyclic) bond motifs is 1. The zero-order valence-corrected chi connectivity index (χ0v) is 11.9. The SMILES string of the molecule is CCc1nc2c(N)cccc2n1Cc1ccc(C)cc1. The number of rotatable bonds is 3. The van der Waals surface area contributed by atoms with Gasteiger partial charge in [0.25, 0.3) is 0 Å². The molecule has 0 atom stereocenters. The van der Waals surface area contributed by atoms with E-state index in [0.29, 0.717) is 0 Å². The van der Waals surface area contributed by atoms with Gasteiger partial charge in [0, 0.05) is 13.0 Å². The Morgan fingerprint density at radius 3 is 2.55 bits per heavy atom. The predicted molar refractivity (Wildman–Crippen MR) is 83.8 cm³/mol. The van der Waals surface area contributed by atoms with Crippen LogP contribution in [0.15, 0.2) is 42.5 Å². The molecule has 102 valence electrons. The van der Waals surface area contributed by atoms with Gasteiger partial charge in [-0.2, -0.15) is 0 Å². The van der Waals surface area contributed by atoms with Crippen molar-refractivity contribution in [1.29, 1.82) is 0 Å². The van der Waals surface area contributed by atoms with E-state index in [4.69, 9.17) is 5.73 Å². The summed E-state index contributed by atoms with van der Waals surface area (Å²) in [5.74, 6) is 1.08. The number of hydrogen-bond donors (Lipinski definition) is 1. The van der Waals surface area contributed by atoms with Crippen LogP contribution in [0.2, 0.25) is 0 Å². The summed E-state index contributed by atoms with van der Waals surface area (Å²) in [7, 11) is 0. The Balaban J connectivity index is 2.10. The molecule has 3 nitrogen and oxygen atoms in total. The van der Waals surface area contributed by atoms with E-state index in [2.05, 4.69) is 53.7 Å². The highest BCUT2D eigenvalue weighted by Gasteiger charge is 2.11. The standard InChI is InChI=1S/C17H19N3/c1-3-16-19-17-14(18)5-4-6-15(17)20(16)11-13-9-7-12(2)8-10-13/h4-10H,3,11,18H2,1-2H3. The molecule has 0 aliphatic heterocycles. The summed E-state index contributed by atoms with van der Waals surface area (Å²) < 4.78 is 2.26. The van der Waals surface area contributed by atoms with Gasteiger partial charge in [-0.3, -0.25) is 0 Å². The highest BCUT2D eigenvalue weighted by atomic mass is 15.1. The molecule has 3 rings (SSSR count). The summed E-state index contributed by atoms with van der Waals surface area (Å²) in [6, 6.07) is 14.6. The highest BCUT2D eigenvalue weighted by Crippen LogP contribution is 2.23. The molecule has 1 heterocycles. The first kappa shape index (κ1) is 12.7. The zero-order valence-electron chi connectivity index (χ0n) is 11.9. The minimum Gasteiger partial charge on any atom is -0.397 e. The van der Waals surface area contributed by atoms with Gasteiger partial charge in [-0.25, -0.2) is 4.98 Å². The molecule has 1 aromatic heterocycles. The van der Waals surface area contributed by atoms with Crippen molar-refractivity contribution in [3.63, 3.8) is 0 Å². The molecule has 0 saturated carbocycles. The fourth-order valence-corrected chi connectivity index (χ4v) is 2.54. The molecule has 0 unspecified atom stereocenters. The van der Waals surface area contributed by atoms with Crippen LogP contribution < -0.4 is 5.73 Å². The van der Waals surface area contributed by atoms with Crippen LogP contribution in [0, 0.1) is 6.92 Å². The number of para-hydroxylation sites is 1. The monoisotopic (exact) mass is 265 g/mol. The second kappa shape index (κ2) is 5.00. The van der Waals surface area contributed by atoms with Crippen molar-refractivity contribution < 1.29 is 0 Å². The Hall–Kier alpha value is -2.29. The summed E-state index contributed by atoms with van der Waals surface area (Å²) in [4.78, 5) is 4.68. The topological polar surface area (TPSA) is 43.8 Å². The van der Waals surface area contributed by atoms with E-state index in [1.54, 1.807) is 0 Å². The molecular formula is C17H19N3. The molecule has 0 amide bonds. The summed E-state index contributed by atoms with van der Waals surface area (Å²) >= 11 is 0. The van der Waals surface area contributed by atoms with Crippen LogP contribution in [0.4, 0.5) is 5.69 Å². The summed E-state index contributed by atoms with van der Waals surface area (Å²) in [6.07, 6.45) is 0.903. The first-order valence-corrected chi connectivity index (χ1v) is 6.98. The number of aryl methyl sites for hydroxylation is 2. The van der Waals surface area contributed by atoms with Gasteiger partial charge in [-0.15, -0.1) is 0 Å². The van der Waals surface area contributed by atoms with Gasteiger partial charge in [0.2, 0.25) is 0 Å². The number of imidazole rings is 1. The molecule has 0 radical (unpaired) electrons. The minimum atomic E-state index is 0.750. The summed E-state index contributed by atoms with van der Waals surface area (Å²) in [6.45, 7) is 5.07. The van der Waals surface area contributed by atoms with Crippen molar-refractivity contribution in [2.24, 2.45) is 0 Å². The lowest BCUT2D eigenvalue weighted by Gasteiger charge is -2.08. The van der Waals surface area contributed by atoms with Gasteiger partial charge in [-0.05, 0) is 24.6 Å². The number of nitrogens with zero attached hydrogens (tertiary/aromatic N) is 2. The van der Waals surface area contributed by atoms with Crippen LogP contribution in [0.5, 0.6) is 0 Å². The maximum absolute atomic E-state index is 6.03. The van der Waals surface area contributed by atoms with E-state index in [9.17, 15) is 0 Å². The largest absolute Gasteiger partial charge is 0.397 e. The molecule has 3 heteroatoms. The number of benzene rings is 2. The minimum absolute atomic E-state index is 0.750. The van der Waals surface area contributed by atoms with E-state index in [1.165, 1.54) is 11.1 Å². The van der Waals surface area contributed by atoms with Gasteiger partial charge >= 0.3 is 0 Å². The molecule has 0 aliphatic carbocycles. The fraction of sp³-hybridized carbons (Fsp3) is 0.235. The van der Waals surface area contributed by atoms with Gasteiger partial charge in [0.1, 0.15) is 11.3 Å². The maximum Gasteiger partial charge on any atom is 0.112 e. The quantitative estimate of drug-likeness (QED) is 0.736. The third kappa shape index (κ3) is 2.16. The van der Waals surface area contributed by atoms with Crippen molar-refractivity contribution in [3.05, 3.63) is 59.4 Å². The van der Waals surface area contributed by atoms with E-state index < -0.39 is 0 Å². The molecule has 0 fully saturated rings. The lowest BCUT2D eigenvalue weighted by atomic mass is 10.1. The lowest BCUT2D eigenvalue weighted by Crippen LogP contribution is -2.04. The van der Waals surface area contributed by atoms with Crippen molar-refractivity contribution in [2.75, 3.05) is 5.73 Å². The molecule has 2 N–H and O–H groups in total. The van der Waals surface area contributed by atoms with E-state index in [1.807, 2.05) is 12.1 Å². The third-order valence-corrected chi connectivity index (χ3v) is 3.67. The van der Waals surface area contributed by atoms with Gasteiger partial charge in [-0.1, -0.05) is 42.8 Å².